The van der Waals surface area contributed by atoms with Crippen LogP contribution in [0.2, 0.25) is 0 Å². The molecule has 2 N–H and O–H groups in total. The Morgan fingerprint density at radius 1 is 1.57 bits per heavy atom. The zero-order valence-corrected chi connectivity index (χ0v) is 12.3. The molecule has 1 unspecified atom stereocenters. The number of amides is 1. The first-order chi connectivity index (χ1) is 10.1. The van der Waals surface area contributed by atoms with Crippen molar-refractivity contribution in [3.63, 3.8) is 0 Å². The molecular weight excluding hydrogens is 266 g/mol. The Morgan fingerprint density at radius 2 is 2.43 bits per heavy atom. The predicted octanol–water partition coefficient (Wildman–Crippen LogP) is 2.31. The Kier molecular flexibility index (Phi) is 5.18. The van der Waals surface area contributed by atoms with Crippen LogP contribution in [0.25, 0.3) is 0 Å². The van der Waals surface area contributed by atoms with Gasteiger partial charge in [0.25, 0.3) is 0 Å². The Morgan fingerprint density at radius 3 is 3.14 bits per heavy atom. The van der Waals surface area contributed by atoms with Gasteiger partial charge in [0.05, 0.1) is 18.1 Å². The molecule has 1 aromatic rings. The highest BCUT2D eigenvalue weighted by molar-refractivity contribution is 5.95. The largest absolute Gasteiger partial charge is 0.493 e. The van der Waals surface area contributed by atoms with E-state index in [-0.39, 0.29) is 11.3 Å². The Balaban J connectivity index is 1.91. The summed E-state index contributed by atoms with van der Waals surface area (Å²) in [5.74, 6) is 0.745. The van der Waals surface area contributed by atoms with Crippen LogP contribution in [0.4, 0.5) is 5.69 Å². The zero-order chi connectivity index (χ0) is 15.1. The monoisotopic (exact) mass is 287 g/mol. The number of rotatable bonds is 6. The van der Waals surface area contributed by atoms with E-state index in [0.717, 1.165) is 18.7 Å². The van der Waals surface area contributed by atoms with E-state index < -0.39 is 0 Å². The molecule has 1 aromatic carbocycles. The fourth-order valence-corrected chi connectivity index (χ4v) is 2.30. The van der Waals surface area contributed by atoms with Crippen molar-refractivity contribution in [2.45, 2.75) is 26.2 Å². The van der Waals surface area contributed by atoms with Crippen LogP contribution in [-0.2, 0) is 4.79 Å². The van der Waals surface area contributed by atoms with Crippen LogP contribution in [0.15, 0.2) is 24.3 Å². The molecule has 1 heterocycles. The lowest BCUT2D eigenvalue weighted by Gasteiger charge is -2.21. The predicted molar refractivity (Wildman–Crippen MR) is 81.0 cm³/mol. The average molecular weight is 287 g/mol. The highest BCUT2D eigenvalue weighted by atomic mass is 16.5. The molecule has 0 saturated carbocycles. The third-order valence-corrected chi connectivity index (χ3v) is 3.71. The summed E-state index contributed by atoms with van der Waals surface area (Å²) in [4.78, 5) is 12.3. The third-order valence-electron chi connectivity index (χ3n) is 3.71. The Bertz CT molecular complexity index is 531. The van der Waals surface area contributed by atoms with E-state index in [1.165, 1.54) is 0 Å². The molecule has 0 aliphatic carbocycles. The van der Waals surface area contributed by atoms with Crippen molar-refractivity contribution in [2.75, 3.05) is 25.0 Å². The molecule has 1 fully saturated rings. The first-order valence-corrected chi connectivity index (χ1v) is 7.26. The fourth-order valence-electron chi connectivity index (χ4n) is 2.30. The summed E-state index contributed by atoms with van der Waals surface area (Å²) in [6.07, 6.45) is 2.04. The topological polar surface area (TPSA) is 74.1 Å². The van der Waals surface area contributed by atoms with Gasteiger partial charge in [-0.15, -0.1) is 0 Å². The van der Waals surface area contributed by atoms with Crippen LogP contribution >= 0.6 is 0 Å². The van der Waals surface area contributed by atoms with Gasteiger partial charge in [-0.25, -0.2) is 0 Å². The van der Waals surface area contributed by atoms with E-state index >= 15 is 0 Å². The van der Waals surface area contributed by atoms with E-state index in [1.54, 1.807) is 0 Å². The quantitative estimate of drug-likeness (QED) is 0.787. The molecular formula is C16H21N3O2. The van der Waals surface area contributed by atoms with E-state index in [1.807, 2.05) is 31.2 Å². The van der Waals surface area contributed by atoms with Crippen LogP contribution in [0.3, 0.4) is 0 Å². The molecule has 5 nitrogen and oxygen atoms in total. The number of carbonyl (C=O) groups is 1. The molecule has 2 rings (SSSR count). The smallest absolute Gasteiger partial charge is 0.231 e. The molecule has 1 aliphatic heterocycles. The van der Waals surface area contributed by atoms with E-state index in [2.05, 4.69) is 16.7 Å². The maximum atomic E-state index is 12.3. The van der Waals surface area contributed by atoms with Crippen LogP contribution < -0.4 is 15.4 Å². The van der Waals surface area contributed by atoms with Gasteiger partial charge in [0.2, 0.25) is 5.91 Å². The van der Waals surface area contributed by atoms with Gasteiger partial charge in [-0.2, -0.15) is 5.26 Å². The summed E-state index contributed by atoms with van der Waals surface area (Å²) >= 11 is 0. The number of nitriles is 1. The molecule has 1 aliphatic rings. The summed E-state index contributed by atoms with van der Waals surface area (Å²) in [5, 5.41) is 14.7. The lowest BCUT2D eigenvalue weighted by molar-refractivity contribution is -0.123. The lowest BCUT2D eigenvalue weighted by atomic mass is 9.89. The van der Waals surface area contributed by atoms with Gasteiger partial charge >= 0.3 is 0 Å². The molecule has 0 spiro atoms. The van der Waals surface area contributed by atoms with Gasteiger partial charge in [-0.1, -0.05) is 6.07 Å². The van der Waals surface area contributed by atoms with Crippen molar-refractivity contribution in [3.05, 3.63) is 24.3 Å². The molecule has 0 aromatic heterocycles. The van der Waals surface area contributed by atoms with E-state index in [4.69, 9.17) is 10.00 Å². The molecule has 21 heavy (non-hydrogen) atoms. The normalized spacial score (nSPS) is 20.8. The number of nitrogens with zero attached hydrogens (tertiary/aromatic N) is 1. The van der Waals surface area contributed by atoms with Gasteiger partial charge in [-0.3, -0.25) is 4.79 Å². The molecule has 1 atom stereocenters. The first kappa shape index (κ1) is 15.3. The summed E-state index contributed by atoms with van der Waals surface area (Å²) < 4.78 is 5.57. The van der Waals surface area contributed by atoms with Crippen molar-refractivity contribution in [1.29, 1.82) is 5.26 Å². The zero-order valence-electron chi connectivity index (χ0n) is 12.3. The third kappa shape index (κ3) is 4.20. The second kappa shape index (κ2) is 7.09. The van der Waals surface area contributed by atoms with Crippen molar-refractivity contribution in [3.8, 4) is 11.8 Å². The number of hydrogen-bond donors (Lipinski definition) is 2. The standard InChI is InChI=1S/C16H21N3O2/c1-16(7-9-18-12-16)15(20)19-13-5-4-6-14(11-13)21-10-3-2-8-17/h4-6,11,18H,2-3,7,9-10,12H2,1H3,(H,19,20). The van der Waals surface area contributed by atoms with Gasteiger partial charge in [-0.05, 0) is 38.4 Å². The van der Waals surface area contributed by atoms with Gasteiger partial charge in [0, 0.05) is 24.7 Å². The minimum Gasteiger partial charge on any atom is -0.493 e. The molecule has 1 saturated heterocycles. The number of ether oxygens (including phenoxy) is 1. The fraction of sp³-hybridized carbons (Fsp3) is 0.500. The van der Waals surface area contributed by atoms with Crippen LogP contribution in [0, 0.1) is 16.7 Å². The maximum absolute atomic E-state index is 12.3. The molecule has 5 heteroatoms. The molecule has 0 bridgehead atoms. The number of carbonyl (C=O) groups excluding carboxylic acids is 1. The minimum atomic E-state index is -0.344. The van der Waals surface area contributed by atoms with Crippen molar-refractivity contribution >= 4 is 11.6 Å². The average Bonchev–Trinajstić information content (AvgIpc) is 2.92. The first-order valence-electron chi connectivity index (χ1n) is 7.26. The summed E-state index contributed by atoms with van der Waals surface area (Å²) in [6, 6.07) is 9.45. The second-order valence-corrected chi connectivity index (χ2v) is 5.58. The van der Waals surface area contributed by atoms with Crippen LogP contribution in [0.5, 0.6) is 5.75 Å². The van der Waals surface area contributed by atoms with Gasteiger partial charge in [0.1, 0.15) is 5.75 Å². The Labute approximate surface area is 125 Å². The minimum absolute atomic E-state index is 0.0362. The molecule has 1 amide bonds. The number of hydrogen-bond acceptors (Lipinski definition) is 4. The van der Waals surface area contributed by atoms with Crippen molar-refractivity contribution in [2.24, 2.45) is 5.41 Å². The number of unbranched alkanes of at least 4 members (excludes halogenated alkanes) is 1. The highest BCUT2D eigenvalue weighted by Gasteiger charge is 2.36. The lowest BCUT2D eigenvalue weighted by Crippen LogP contribution is -2.35. The maximum Gasteiger partial charge on any atom is 0.231 e. The van der Waals surface area contributed by atoms with Crippen molar-refractivity contribution in [1.82, 2.24) is 5.32 Å². The molecule has 112 valence electrons. The van der Waals surface area contributed by atoms with E-state index in [9.17, 15) is 4.79 Å². The highest BCUT2D eigenvalue weighted by Crippen LogP contribution is 2.27. The number of nitrogens with one attached hydrogen (secondary N) is 2. The summed E-state index contributed by atoms with van der Waals surface area (Å²) in [5.41, 5.74) is 0.398. The van der Waals surface area contributed by atoms with Gasteiger partial charge < -0.3 is 15.4 Å². The van der Waals surface area contributed by atoms with Crippen LogP contribution in [0.1, 0.15) is 26.2 Å². The second-order valence-electron chi connectivity index (χ2n) is 5.58. The Hall–Kier alpha value is -2.06. The van der Waals surface area contributed by atoms with Crippen molar-refractivity contribution < 1.29 is 9.53 Å². The van der Waals surface area contributed by atoms with Gasteiger partial charge in [0.15, 0.2) is 0 Å². The summed E-state index contributed by atoms with van der Waals surface area (Å²) in [7, 11) is 0. The molecule has 0 radical (unpaired) electrons. The number of benzene rings is 1. The van der Waals surface area contributed by atoms with E-state index in [0.29, 0.717) is 31.7 Å². The van der Waals surface area contributed by atoms with Crippen LogP contribution in [-0.4, -0.2) is 25.6 Å². The number of anilines is 1. The SMILES string of the molecule is CC1(C(=O)Nc2cccc(OCCCC#N)c2)CCNC1. The summed E-state index contributed by atoms with van der Waals surface area (Å²) in [6.45, 7) is 4.08.